The van der Waals surface area contributed by atoms with Crippen molar-refractivity contribution in [2.24, 2.45) is 0 Å². The summed E-state index contributed by atoms with van der Waals surface area (Å²) in [5, 5.41) is 2.96. The topological polar surface area (TPSA) is 41.6 Å². The molecule has 1 aromatic rings. The minimum atomic E-state index is -0.348. The van der Waals surface area contributed by atoms with Crippen LogP contribution in [0.4, 0.5) is 16.2 Å². The van der Waals surface area contributed by atoms with Crippen molar-refractivity contribution in [1.29, 1.82) is 0 Å². The van der Waals surface area contributed by atoms with Crippen molar-refractivity contribution in [2.45, 2.75) is 71.1 Å². The van der Waals surface area contributed by atoms with Crippen LogP contribution in [-0.2, 0) is 15.6 Å². The first-order valence-corrected chi connectivity index (χ1v) is 9.62. The Morgan fingerprint density at radius 1 is 1.12 bits per heavy atom. The Morgan fingerprint density at radius 3 is 2.20 bits per heavy atom. The zero-order valence-electron chi connectivity index (χ0n) is 16.4. The average Bonchev–Trinajstić information content (AvgIpc) is 2.53. The van der Waals surface area contributed by atoms with E-state index in [1.807, 2.05) is 0 Å². The lowest BCUT2D eigenvalue weighted by atomic mass is 9.69. The molecule has 2 aliphatic heterocycles. The van der Waals surface area contributed by atoms with Crippen LogP contribution < -0.4 is 10.2 Å². The number of anilines is 2. The predicted molar refractivity (Wildman–Crippen MR) is 104 cm³/mol. The maximum absolute atomic E-state index is 12.1. The molecule has 1 N–H and O–H groups in total. The molecular formula is C21H32N2O2. The Labute approximate surface area is 151 Å². The number of carbonyl (C=O) groups is 1. The van der Waals surface area contributed by atoms with Gasteiger partial charge in [-0.25, -0.2) is 4.79 Å². The second-order valence-corrected chi connectivity index (χ2v) is 8.79. The van der Waals surface area contributed by atoms with Crippen molar-refractivity contribution < 1.29 is 9.53 Å². The van der Waals surface area contributed by atoms with Crippen LogP contribution >= 0.6 is 0 Å². The van der Waals surface area contributed by atoms with Gasteiger partial charge in [-0.05, 0) is 53.4 Å². The number of carbonyl (C=O) groups excluding carboxylic acids is 1. The van der Waals surface area contributed by atoms with Crippen LogP contribution in [0.1, 0.15) is 71.4 Å². The van der Waals surface area contributed by atoms with Gasteiger partial charge in [0.25, 0.3) is 0 Å². The van der Waals surface area contributed by atoms with E-state index >= 15 is 0 Å². The van der Waals surface area contributed by atoms with Crippen LogP contribution in [0.25, 0.3) is 0 Å². The molecule has 4 heteroatoms. The third-order valence-corrected chi connectivity index (χ3v) is 5.88. The van der Waals surface area contributed by atoms with Crippen molar-refractivity contribution in [3.63, 3.8) is 0 Å². The lowest BCUT2D eigenvalue weighted by Crippen LogP contribution is -2.44. The molecule has 0 aromatic heterocycles. The van der Waals surface area contributed by atoms with Crippen LogP contribution in [0.2, 0.25) is 0 Å². The van der Waals surface area contributed by atoms with Crippen molar-refractivity contribution in [1.82, 2.24) is 0 Å². The molecule has 0 saturated heterocycles. The number of hydrogen-bond acceptors (Lipinski definition) is 3. The second-order valence-electron chi connectivity index (χ2n) is 8.79. The summed E-state index contributed by atoms with van der Waals surface area (Å²) in [6, 6.07) is 4.32. The van der Waals surface area contributed by atoms with Crippen molar-refractivity contribution in [2.75, 3.05) is 29.9 Å². The van der Waals surface area contributed by atoms with Crippen molar-refractivity contribution >= 4 is 17.5 Å². The monoisotopic (exact) mass is 344 g/mol. The van der Waals surface area contributed by atoms with Gasteiger partial charge < -0.3 is 9.64 Å². The van der Waals surface area contributed by atoms with E-state index in [1.54, 1.807) is 0 Å². The van der Waals surface area contributed by atoms with Crippen LogP contribution in [0.3, 0.4) is 0 Å². The molecule has 138 valence electrons. The van der Waals surface area contributed by atoms with Gasteiger partial charge in [0.15, 0.2) is 0 Å². The van der Waals surface area contributed by atoms with E-state index in [0.717, 1.165) is 44.5 Å². The number of rotatable bonds is 4. The maximum atomic E-state index is 12.1. The van der Waals surface area contributed by atoms with E-state index in [0.29, 0.717) is 6.61 Å². The van der Waals surface area contributed by atoms with Gasteiger partial charge in [-0.3, -0.25) is 5.32 Å². The summed E-state index contributed by atoms with van der Waals surface area (Å²) in [5.41, 5.74) is 5.22. The molecule has 0 saturated carbocycles. The van der Waals surface area contributed by atoms with Crippen LogP contribution in [0.5, 0.6) is 0 Å². The molecule has 0 atom stereocenters. The van der Waals surface area contributed by atoms with E-state index in [1.165, 1.54) is 16.8 Å². The molecule has 4 nitrogen and oxygen atoms in total. The molecule has 1 amide bonds. The van der Waals surface area contributed by atoms with Gasteiger partial charge in [-0.15, -0.1) is 0 Å². The number of ether oxygens (including phenoxy) is 1. The third-order valence-electron chi connectivity index (χ3n) is 5.88. The van der Waals surface area contributed by atoms with Gasteiger partial charge in [0, 0.05) is 24.5 Å². The highest BCUT2D eigenvalue weighted by Crippen LogP contribution is 2.50. The standard InChI is InChI=1S/C21H32N2O2/c1-6-7-12-25-19(24)22-15-13-16-18-17(14-15)21(4,5)9-11-23(18)10-8-20(16,2)3/h13-14H,6-12H2,1-5H3,(H,22,24). The minimum Gasteiger partial charge on any atom is -0.449 e. The summed E-state index contributed by atoms with van der Waals surface area (Å²) in [5.74, 6) is 0. The fourth-order valence-electron chi connectivity index (χ4n) is 3.98. The molecule has 25 heavy (non-hydrogen) atoms. The highest BCUT2D eigenvalue weighted by atomic mass is 16.5. The summed E-state index contributed by atoms with van der Waals surface area (Å²) in [7, 11) is 0. The van der Waals surface area contributed by atoms with E-state index in [2.05, 4.69) is 57.0 Å². The second kappa shape index (κ2) is 6.54. The van der Waals surface area contributed by atoms with Gasteiger partial charge in [0.1, 0.15) is 0 Å². The Morgan fingerprint density at radius 2 is 1.68 bits per heavy atom. The van der Waals surface area contributed by atoms with Gasteiger partial charge in [0.2, 0.25) is 0 Å². The van der Waals surface area contributed by atoms with E-state index in [9.17, 15) is 4.79 Å². The highest BCUT2D eigenvalue weighted by molar-refractivity contribution is 5.86. The first-order valence-electron chi connectivity index (χ1n) is 9.62. The summed E-state index contributed by atoms with van der Waals surface area (Å²) in [6.45, 7) is 14.0. The third kappa shape index (κ3) is 3.49. The van der Waals surface area contributed by atoms with Gasteiger partial charge >= 0.3 is 6.09 Å². The Hall–Kier alpha value is -1.71. The zero-order valence-corrected chi connectivity index (χ0v) is 16.4. The summed E-state index contributed by atoms with van der Waals surface area (Å²) < 4.78 is 5.28. The normalized spacial score (nSPS) is 20.0. The summed E-state index contributed by atoms with van der Waals surface area (Å²) >= 11 is 0. The predicted octanol–water partition coefficient (Wildman–Crippen LogP) is 5.20. The van der Waals surface area contributed by atoms with Crippen LogP contribution in [-0.4, -0.2) is 25.8 Å². The van der Waals surface area contributed by atoms with Gasteiger partial charge in [-0.2, -0.15) is 0 Å². The van der Waals surface area contributed by atoms with Crippen molar-refractivity contribution in [3.05, 3.63) is 23.3 Å². The number of benzene rings is 1. The zero-order chi connectivity index (χ0) is 18.2. The fraction of sp³-hybridized carbons (Fsp3) is 0.667. The Balaban J connectivity index is 1.96. The SMILES string of the molecule is CCCCOC(=O)Nc1cc2c3c(c1)C(C)(C)CCN3CCC2(C)C. The summed E-state index contributed by atoms with van der Waals surface area (Å²) in [4.78, 5) is 14.6. The molecule has 0 aliphatic carbocycles. The largest absolute Gasteiger partial charge is 0.449 e. The number of hydrogen-bond donors (Lipinski definition) is 1. The summed E-state index contributed by atoms with van der Waals surface area (Å²) in [6.07, 6.45) is 3.86. The van der Waals surface area contributed by atoms with E-state index < -0.39 is 0 Å². The molecule has 0 radical (unpaired) electrons. The fourth-order valence-corrected chi connectivity index (χ4v) is 3.98. The molecule has 2 heterocycles. The number of amides is 1. The van der Waals surface area contributed by atoms with E-state index in [-0.39, 0.29) is 16.9 Å². The minimum absolute atomic E-state index is 0.123. The molecule has 2 aliphatic rings. The lowest BCUT2D eigenvalue weighted by molar-refractivity contribution is 0.160. The number of unbranched alkanes of at least 4 members (excludes halogenated alkanes) is 1. The molecule has 0 bridgehead atoms. The molecule has 0 spiro atoms. The molecular weight excluding hydrogens is 312 g/mol. The Bertz CT molecular complexity index is 623. The van der Waals surface area contributed by atoms with Gasteiger partial charge in [-0.1, -0.05) is 41.0 Å². The number of nitrogens with one attached hydrogen (secondary N) is 1. The maximum Gasteiger partial charge on any atom is 0.411 e. The van der Waals surface area contributed by atoms with Crippen LogP contribution in [0, 0.1) is 0 Å². The highest BCUT2D eigenvalue weighted by Gasteiger charge is 2.40. The Kier molecular flexibility index (Phi) is 4.74. The molecule has 0 fully saturated rings. The number of nitrogens with zero attached hydrogens (tertiary/aromatic N) is 1. The molecule has 0 unspecified atom stereocenters. The van der Waals surface area contributed by atoms with Crippen molar-refractivity contribution in [3.8, 4) is 0 Å². The average molecular weight is 344 g/mol. The first-order chi connectivity index (χ1) is 11.7. The smallest absolute Gasteiger partial charge is 0.411 e. The lowest BCUT2D eigenvalue weighted by Gasteiger charge is -2.48. The molecule has 3 rings (SSSR count). The first kappa shape index (κ1) is 18.1. The quantitative estimate of drug-likeness (QED) is 0.763. The van der Waals surface area contributed by atoms with E-state index in [4.69, 9.17) is 4.74 Å². The van der Waals surface area contributed by atoms with Gasteiger partial charge in [0.05, 0.1) is 6.61 Å². The molecule has 1 aromatic carbocycles. The van der Waals surface area contributed by atoms with Crippen LogP contribution in [0.15, 0.2) is 12.1 Å².